The van der Waals surface area contributed by atoms with Gasteiger partial charge in [0.05, 0.1) is 11.3 Å². The second kappa shape index (κ2) is 7.50. The number of rotatable bonds is 3. The molecule has 5 nitrogen and oxygen atoms in total. The minimum absolute atomic E-state index is 0.212. The Morgan fingerprint density at radius 3 is 2.44 bits per heavy atom. The van der Waals surface area contributed by atoms with Gasteiger partial charge in [0.1, 0.15) is 0 Å². The Hall–Kier alpha value is -2.08. The Balaban J connectivity index is 1.68. The second-order valence-corrected chi connectivity index (χ2v) is 8.46. The molecule has 2 aromatic heterocycles. The Kier molecular flexibility index (Phi) is 5.08. The van der Waals surface area contributed by atoms with Crippen LogP contribution in [-0.2, 0) is 4.79 Å². The quantitative estimate of drug-likeness (QED) is 0.634. The molecule has 0 bridgehead atoms. The van der Waals surface area contributed by atoms with Crippen molar-refractivity contribution in [1.29, 1.82) is 0 Å². The first-order valence-electron chi connectivity index (χ1n) is 9.71. The van der Waals surface area contributed by atoms with Crippen molar-refractivity contribution in [1.82, 2.24) is 19.5 Å². The van der Waals surface area contributed by atoms with E-state index in [4.69, 9.17) is 0 Å². The number of benzene rings is 1. The van der Waals surface area contributed by atoms with Gasteiger partial charge in [-0.2, -0.15) is 0 Å². The van der Waals surface area contributed by atoms with Gasteiger partial charge in [-0.25, -0.2) is 0 Å². The van der Waals surface area contributed by atoms with Crippen LogP contribution >= 0.6 is 11.8 Å². The summed E-state index contributed by atoms with van der Waals surface area (Å²) in [6.45, 7) is 8.10. The van der Waals surface area contributed by atoms with Gasteiger partial charge in [-0.1, -0.05) is 36.7 Å². The molecule has 142 valence electrons. The van der Waals surface area contributed by atoms with Crippen LogP contribution in [0.3, 0.4) is 0 Å². The highest BCUT2D eigenvalue weighted by Gasteiger charge is 2.19. The van der Waals surface area contributed by atoms with E-state index in [1.165, 1.54) is 41.1 Å². The number of likely N-dealkylation sites (tertiary alicyclic amines) is 1. The molecule has 0 spiro atoms. The zero-order valence-electron chi connectivity index (χ0n) is 16.3. The molecule has 4 rings (SSSR count). The smallest absolute Gasteiger partial charge is 0.233 e. The van der Waals surface area contributed by atoms with Crippen molar-refractivity contribution in [3.05, 3.63) is 34.9 Å². The number of hydrogen-bond donors (Lipinski definition) is 0. The largest absolute Gasteiger partial charge is 0.342 e. The molecule has 1 aliphatic rings. The SMILES string of the molecule is Cc1ccc(C)c2c1cc(C)c1nnc(SCC(=O)N3CCCCCC3)n12. The van der Waals surface area contributed by atoms with Gasteiger partial charge in [0.2, 0.25) is 5.91 Å². The third-order valence-electron chi connectivity index (χ3n) is 5.49. The van der Waals surface area contributed by atoms with Gasteiger partial charge in [-0.3, -0.25) is 9.20 Å². The molecular formula is C21H26N4OS. The van der Waals surface area contributed by atoms with Gasteiger partial charge in [0.15, 0.2) is 10.8 Å². The Morgan fingerprint density at radius 2 is 1.70 bits per heavy atom. The van der Waals surface area contributed by atoms with Crippen LogP contribution in [0.5, 0.6) is 0 Å². The van der Waals surface area contributed by atoms with Crippen LogP contribution in [-0.4, -0.2) is 44.2 Å². The molecule has 1 amide bonds. The molecule has 0 N–H and O–H groups in total. The number of hydrogen-bond acceptors (Lipinski definition) is 4. The number of carbonyl (C=O) groups is 1. The number of aromatic nitrogens is 3. The normalized spacial score (nSPS) is 15.4. The fraction of sp³-hybridized carbons (Fsp3) is 0.476. The molecule has 0 aliphatic carbocycles. The molecule has 0 unspecified atom stereocenters. The molecule has 0 saturated carbocycles. The molecule has 0 atom stereocenters. The fourth-order valence-corrected chi connectivity index (χ4v) is 4.78. The molecule has 27 heavy (non-hydrogen) atoms. The first kappa shape index (κ1) is 18.3. The zero-order chi connectivity index (χ0) is 19.0. The predicted octanol–water partition coefficient (Wildman–Crippen LogP) is 4.30. The molecule has 1 saturated heterocycles. The molecule has 1 aromatic carbocycles. The highest BCUT2D eigenvalue weighted by atomic mass is 32.2. The van der Waals surface area contributed by atoms with E-state index < -0.39 is 0 Å². The standard InChI is InChI=1S/C21H26N4OS/c1-14-8-9-15(2)19-17(14)12-16(3)20-22-23-21(25(19)20)27-13-18(26)24-10-6-4-5-7-11-24/h8-9,12H,4-7,10-11,13H2,1-3H3. The lowest BCUT2D eigenvalue weighted by atomic mass is 10.0. The lowest BCUT2D eigenvalue weighted by Crippen LogP contribution is -2.33. The maximum absolute atomic E-state index is 12.7. The monoisotopic (exact) mass is 382 g/mol. The van der Waals surface area contributed by atoms with E-state index in [2.05, 4.69) is 53.6 Å². The molecular weight excluding hydrogens is 356 g/mol. The number of aryl methyl sites for hydroxylation is 3. The van der Waals surface area contributed by atoms with Crippen LogP contribution in [0.1, 0.15) is 42.4 Å². The summed E-state index contributed by atoms with van der Waals surface area (Å²) in [5.74, 6) is 0.629. The second-order valence-electron chi connectivity index (χ2n) is 7.51. The van der Waals surface area contributed by atoms with E-state index in [0.717, 1.165) is 47.8 Å². The molecule has 0 radical (unpaired) electrons. The first-order chi connectivity index (χ1) is 13.1. The molecule has 6 heteroatoms. The highest BCUT2D eigenvalue weighted by Crippen LogP contribution is 2.29. The van der Waals surface area contributed by atoms with Crippen molar-refractivity contribution in [2.75, 3.05) is 18.8 Å². The van der Waals surface area contributed by atoms with Gasteiger partial charge >= 0.3 is 0 Å². The number of fused-ring (bicyclic) bond motifs is 3. The van der Waals surface area contributed by atoms with Crippen molar-refractivity contribution in [2.45, 2.75) is 51.6 Å². The van der Waals surface area contributed by atoms with E-state index in [1.807, 2.05) is 4.90 Å². The summed E-state index contributed by atoms with van der Waals surface area (Å²) in [4.78, 5) is 14.7. The minimum atomic E-state index is 0.212. The maximum Gasteiger partial charge on any atom is 0.233 e. The Bertz CT molecular complexity index is 1000. The van der Waals surface area contributed by atoms with Gasteiger partial charge in [-0.05, 0) is 56.4 Å². The van der Waals surface area contributed by atoms with Crippen LogP contribution in [0.4, 0.5) is 0 Å². The van der Waals surface area contributed by atoms with E-state index in [-0.39, 0.29) is 5.91 Å². The molecule has 3 aromatic rings. The van der Waals surface area contributed by atoms with E-state index in [1.54, 1.807) is 0 Å². The number of thioether (sulfide) groups is 1. The average molecular weight is 383 g/mol. The maximum atomic E-state index is 12.7. The summed E-state index contributed by atoms with van der Waals surface area (Å²) in [5.41, 5.74) is 5.56. The highest BCUT2D eigenvalue weighted by molar-refractivity contribution is 7.99. The van der Waals surface area contributed by atoms with Crippen LogP contribution in [0.25, 0.3) is 16.6 Å². The van der Waals surface area contributed by atoms with Crippen LogP contribution in [0, 0.1) is 20.8 Å². The molecule has 3 heterocycles. The number of carbonyl (C=O) groups excluding carboxylic acids is 1. The Labute approximate surface area is 164 Å². The van der Waals surface area contributed by atoms with Crippen LogP contribution in [0.15, 0.2) is 23.4 Å². The van der Waals surface area contributed by atoms with Crippen molar-refractivity contribution in [2.24, 2.45) is 0 Å². The number of pyridine rings is 1. The van der Waals surface area contributed by atoms with Gasteiger partial charge in [0, 0.05) is 18.5 Å². The van der Waals surface area contributed by atoms with E-state index >= 15 is 0 Å². The van der Waals surface area contributed by atoms with Gasteiger partial charge in [0.25, 0.3) is 0 Å². The van der Waals surface area contributed by atoms with Crippen molar-refractivity contribution in [3.8, 4) is 0 Å². The zero-order valence-corrected chi connectivity index (χ0v) is 17.1. The van der Waals surface area contributed by atoms with Gasteiger partial charge in [-0.15, -0.1) is 10.2 Å². The Morgan fingerprint density at radius 1 is 1.00 bits per heavy atom. The topological polar surface area (TPSA) is 50.5 Å². The first-order valence-corrected chi connectivity index (χ1v) is 10.7. The molecule has 1 fully saturated rings. The lowest BCUT2D eigenvalue weighted by molar-refractivity contribution is -0.128. The molecule has 1 aliphatic heterocycles. The minimum Gasteiger partial charge on any atom is -0.342 e. The number of nitrogens with zero attached hydrogens (tertiary/aromatic N) is 4. The average Bonchev–Trinajstić information content (AvgIpc) is 2.89. The predicted molar refractivity (Wildman–Crippen MR) is 110 cm³/mol. The summed E-state index contributed by atoms with van der Waals surface area (Å²) in [6, 6.07) is 6.49. The summed E-state index contributed by atoms with van der Waals surface area (Å²) in [5, 5.41) is 10.9. The number of amides is 1. The van der Waals surface area contributed by atoms with Crippen LogP contribution < -0.4 is 0 Å². The van der Waals surface area contributed by atoms with E-state index in [9.17, 15) is 4.79 Å². The summed E-state index contributed by atoms with van der Waals surface area (Å²) < 4.78 is 2.13. The third kappa shape index (κ3) is 3.43. The van der Waals surface area contributed by atoms with Crippen molar-refractivity contribution < 1.29 is 4.79 Å². The fourth-order valence-electron chi connectivity index (χ4n) is 3.94. The summed E-state index contributed by atoms with van der Waals surface area (Å²) in [6.07, 6.45) is 4.70. The summed E-state index contributed by atoms with van der Waals surface area (Å²) >= 11 is 1.50. The van der Waals surface area contributed by atoms with E-state index in [0.29, 0.717) is 5.75 Å². The van der Waals surface area contributed by atoms with Crippen molar-refractivity contribution >= 4 is 34.2 Å². The summed E-state index contributed by atoms with van der Waals surface area (Å²) in [7, 11) is 0. The van der Waals surface area contributed by atoms with Crippen molar-refractivity contribution in [3.63, 3.8) is 0 Å². The van der Waals surface area contributed by atoms with Crippen LogP contribution in [0.2, 0.25) is 0 Å². The third-order valence-corrected chi connectivity index (χ3v) is 6.40. The van der Waals surface area contributed by atoms with Gasteiger partial charge < -0.3 is 4.90 Å². The lowest BCUT2D eigenvalue weighted by Gasteiger charge is -2.19.